The molecule has 1 saturated heterocycles. The fraction of sp³-hybridized carbons (Fsp3) is 0.500. The molecule has 0 aromatic carbocycles. The number of carbonyl (C=O) groups excluding carboxylic acids is 1. The Morgan fingerprint density at radius 2 is 2.29 bits per heavy atom. The predicted molar refractivity (Wildman–Crippen MR) is 62.9 cm³/mol. The number of amides is 1. The van der Waals surface area contributed by atoms with Crippen molar-refractivity contribution < 1.29 is 14.7 Å². The number of carboxylic acids is 1. The number of aliphatic carboxylic acids is 1. The molecule has 1 atom stereocenters. The van der Waals surface area contributed by atoms with Crippen LogP contribution in [0.15, 0.2) is 6.07 Å². The molecule has 92 valence electrons. The van der Waals surface area contributed by atoms with Gasteiger partial charge in [-0.1, -0.05) is 0 Å². The van der Waals surface area contributed by atoms with E-state index in [0.717, 1.165) is 5.69 Å². The summed E-state index contributed by atoms with van der Waals surface area (Å²) in [5.74, 6) is -0.430. The van der Waals surface area contributed by atoms with E-state index in [1.807, 2.05) is 6.92 Å². The highest BCUT2D eigenvalue weighted by atomic mass is 32.2. The van der Waals surface area contributed by atoms with Gasteiger partial charge in [0.15, 0.2) is 5.69 Å². The molecule has 1 N–H and O–H groups in total. The summed E-state index contributed by atoms with van der Waals surface area (Å²) in [7, 11) is 1.75. The molecule has 0 spiro atoms. The Hall–Kier alpha value is -1.50. The summed E-state index contributed by atoms with van der Waals surface area (Å²) >= 11 is 1.44. The Kier molecular flexibility index (Phi) is 3.10. The molecule has 7 heteroatoms. The van der Waals surface area contributed by atoms with Crippen molar-refractivity contribution in [1.29, 1.82) is 0 Å². The highest BCUT2D eigenvalue weighted by molar-refractivity contribution is 7.99. The van der Waals surface area contributed by atoms with Crippen molar-refractivity contribution in [3.63, 3.8) is 0 Å². The maximum atomic E-state index is 12.1. The summed E-state index contributed by atoms with van der Waals surface area (Å²) < 4.78 is 1.60. The van der Waals surface area contributed by atoms with Gasteiger partial charge < -0.3 is 10.0 Å². The van der Waals surface area contributed by atoms with Gasteiger partial charge in [-0.2, -0.15) is 5.10 Å². The quantitative estimate of drug-likeness (QED) is 0.824. The molecule has 1 aromatic heterocycles. The molecule has 1 fully saturated rings. The predicted octanol–water partition coefficient (Wildman–Crippen LogP) is 0.328. The van der Waals surface area contributed by atoms with Crippen molar-refractivity contribution in [3.05, 3.63) is 17.5 Å². The third-order valence-corrected chi connectivity index (χ3v) is 3.77. The molecule has 1 aliphatic rings. The Morgan fingerprint density at radius 1 is 1.59 bits per heavy atom. The standard InChI is InChI=1S/C10H13N3O3S/c1-6-3-7(11-12(6)2)9(14)13-5-17-4-8(13)10(15)16/h3,8H,4-5H2,1-2H3,(H,15,16). The SMILES string of the molecule is Cc1cc(C(=O)N2CSCC2C(=O)O)nn1C. The first kappa shape index (κ1) is 12.0. The molecule has 1 unspecified atom stereocenters. The molecule has 0 radical (unpaired) electrons. The molecule has 0 bridgehead atoms. The molecule has 2 heterocycles. The lowest BCUT2D eigenvalue weighted by atomic mass is 10.2. The highest BCUT2D eigenvalue weighted by Gasteiger charge is 2.35. The number of thioether (sulfide) groups is 1. The average Bonchev–Trinajstić information content (AvgIpc) is 2.85. The van der Waals surface area contributed by atoms with Gasteiger partial charge in [-0.3, -0.25) is 9.48 Å². The summed E-state index contributed by atoms with van der Waals surface area (Å²) in [6, 6.07) is 0.930. The van der Waals surface area contributed by atoms with Gasteiger partial charge in [0.05, 0.1) is 5.88 Å². The second kappa shape index (κ2) is 4.40. The van der Waals surface area contributed by atoms with E-state index in [1.165, 1.54) is 16.7 Å². The van der Waals surface area contributed by atoms with Gasteiger partial charge in [0.1, 0.15) is 6.04 Å². The topological polar surface area (TPSA) is 75.4 Å². The average molecular weight is 255 g/mol. The van der Waals surface area contributed by atoms with Crippen LogP contribution in [0.5, 0.6) is 0 Å². The van der Waals surface area contributed by atoms with Crippen LogP contribution in [0.2, 0.25) is 0 Å². The van der Waals surface area contributed by atoms with E-state index in [9.17, 15) is 9.59 Å². The van der Waals surface area contributed by atoms with Crippen molar-refractivity contribution in [2.24, 2.45) is 7.05 Å². The first-order valence-corrected chi connectivity index (χ1v) is 6.28. The van der Waals surface area contributed by atoms with E-state index < -0.39 is 12.0 Å². The molecular formula is C10H13N3O3S. The minimum absolute atomic E-state index is 0.304. The lowest BCUT2D eigenvalue weighted by molar-refractivity contribution is -0.140. The number of carbonyl (C=O) groups is 2. The van der Waals surface area contributed by atoms with Crippen LogP contribution in [-0.2, 0) is 11.8 Å². The van der Waals surface area contributed by atoms with E-state index in [-0.39, 0.29) is 5.91 Å². The Bertz CT molecular complexity index is 452. The third-order valence-electron chi connectivity index (χ3n) is 2.76. The van der Waals surface area contributed by atoms with Gasteiger partial charge in [0.25, 0.3) is 5.91 Å². The van der Waals surface area contributed by atoms with Crippen LogP contribution >= 0.6 is 11.8 Å². The second-order valence-corrected chi connectivity index (χ2v) is 4.92. The summed E-state index contributed by atoms with van der Waals surface area (Å²) in [5.41, 5.74) is 1.17. The Morgan fingerprint density at radius 3 is 2.82 bits per heavy atom. The van der Waals surface area contributed by atoms with Crippen LogP contribution in [0.25, 0.3) is 0 Å². The lowest BCUT2D eigenvalue weighted by Crippen LogP contribution is -2.41. The van der Waals surface area contributed by atoms with Crippen LogP contribution in [-0.4, -0.2) is 49.3 Å². The molecule has 2 rings (SSSR count). The maximum absolute atomic E-state index is 12.1. The van der Waals surface area contributed by atoms with Gasteiger partial charge in [0.2, 0.25) is 0 Å². The number of hydrogen-bond donors (Lipinski definition) is 1. The van der Waals surface area contributed by atoms with E-state index >= 15 is 0 Å². The summed E-state index contributed by atoms with van der Waals surface area (Å²) in [6.07, 6.45) is 0. The third kappa shape index (κ3) is 2.14. The van der Waals surface area contributed by atoms with E-state index in [0.29, 0.717) is 17.3 Å². The van der Waals surface area contributed by atoms with E-state index in [4.69, 9.17) is 5.11 Å². The van der Waals surface area contributed by atoms with Crippen LogP contribution in [0.1, 0.15) is 16.2 Å². The zero-order valence-electron chi connectivity index (χ0n) is 9.58. The number of carboxylic acid groups (broad SMARTS) is 1. The van der Waals surface area contributed by atoms with E-state index in [1.54, 1.807) is 17.8 Å². The number of aromatic nitrogens is 2. The number of rotatable bonds is 2. The molecule has 17 heavy (non-hydrogen) atoms. The van der Waals surface area contributed by atoms with Gasteiger partial charge >= 0.3 is 5.97 Å². The second-order valence-electron chi connectivity index (χ2n) is 3.92. The van der Waals surface area contributed by atoms with Crippen molar-refractivity contribution in [2.45, 2.75) is 13.0 Å². The molecule has 6 nitrogen and oxygen atoms in total. The zero-order chi connectivity index (χ0) is 12.6. The monoisotopic (exact) mass is 255 g/mol. The molecule has 0 saturated carbocycles. The number of nitrogens with zero attached hydrogens (tertiary/aromatic N) is 3. The Labute approximate surface area is 103 Å². The molecule has 0 aliphatic carbocycles. The maximum Gasteiger partial charge on any atom is 0.327 e. The lowest BCUT2D eigenvalue weighted by Gasteiger charge is -2.18. The molecule has 1 aromatic rings. The minimum atomic E-state index is -0.962. The van der Waals surface area contributed by atoms with Gasteiger partial charge in [0, 0.05) is 18.5 Å². The van der Waals surface area contributed by atoms with Crippen molar-refractivity contribution in [1.82, 2.24) is 14.7 Å². The molecule has 1 aliphatic heterocycles. The van der Waals surface area contributed by atoms with E-state index in [2.05, 4.69) is 5.10 Å². The van der Waals surface area contributed by atoms with Crippen LogP contribution in [0, 0.1) is 6.92 Å². The fourth-order valence-electron chi connectivity index (χ4n) is 1.66. The fourth-order valence-corrected chi connectivity index (χ4v) is 2.80. The van der Waals surface area contributed by atoms with Gasteiger partial charge in [-0.15, -0.1) is 11.8 Å². The Balaban J connectivity index is 2.22. The van der Waals surface area contributed by atoms with Crippen LogP contribution < -0.4 is 0 Å². The largest absolute Gasteiger partial charge is 0.480 e. The summed E-state index contributed by atoms with van der Waals surface area (Å²) in [6.45, 7) is 1.84. The van der Waals surface area contributed by atoms with Crippen LogP contribution in [0.3, 0.4) is 0 Å². The molecular weight excluding hydrogens is 242 g/mol. The van der Waals surface area contributed by atoms with Crippen molar-refractivity contribution >= 4 is 23.6 Å². The first-order valence-electron chi connectivity index (χ1n) is 5.13. The van der Waals surface area contributed by atoms with Crippen LogP contribution in [0.4, 0.5) is 0 Å². The minimum Gasteiger partial charge on any atom is -0.480 e. The van der Waals surface area contributed by atoms with Crippen molar-refractivity contribution in [3.8, 4) is 0 Å². The highest BCUT2D eigenvalue weighted by Crippen LogP contribution is 2.23. The number of aryl methyl sites for hydroxylation is 2. The number of hydrogen-bond acceptors (Lipinski definition) is 4. The van der Waals surface area contributed by atoms with Gasteiger partial charge in [-0.25, -0.2) is 4.79 Å². The first-order chi connectivity index (χ1) is 8.00. The van der Waals surface area contributed by atoms with Gasteiger partial charge in [-0.05, 0) is 13.0 Å². The summed E-state index contributed by atoms with van der Waals surface area (Å²) in [4.78, 5) is 24.4. The molecule has 1 amide bonds. The normalized spacial score (nSPS) is 19.6. The summed E-state index contributed by atoms with van der Waals surface area (Å²) in [5, 5.41) is 13.1. The zero-order valence-corrected chi connectivity index (χ0v) is 10.4. The van der Waals surface area contributed by atoms with Crippen molar-refractivity contribution in [2.75, 3.05) is 11.6 Å². The smallest absolute Gasteiger partial charge is 0.327 e.